The molecular weight excluding hydrogens is 224 g/mol. The highest BCUT2D eigenvalue weighted by Crippen LogP contribution is 2.29. The summed E-state index contributed by atoms with van der Waals surface area (Å²) in [6.07, 6.45) is 3.45. The lowest BCUT2D eigenvalue weighted by Crippen LogP contribution is -2.38. The molecule has 0 aromatic heterocycles. The van der Waals surface area contributed by atoms with E-state index in [4.69, 9.17) is 4.74 Å². The van der Waals surface area contributed by atoms with Crippen LogP contribution in [-0.4, -0.2) is 32.8 Å². The van der Waals surface area contributed by atoms with E-state index in [2.05, 4.69) is 35.5 Å². The molecule has 0 saturated carbocycles. The van der Waals surface area contributed by atoms with Gasteiger partial charge in [0.1, 0.15) is 0 Å². The van der Waals surface area contributed by atoms with Crippen LogP contribution >= 0.6 is 0 Å². The van der Waals surface area contributed by atoms with E-state index in [0.29, 0.717) is 6.04 Å². The molecule has 3 nitrogen and oxygen atoms in total. The number of benzene rings is 1. The second-order valence-corrected chi connectivity index (χ2v) is 5.30. The molecule has 1 fully saturated rings. The molecule has 18 heavy (non-hydrogen) atoms. The fraction of sp³-hybridized carbons (Fsp3) is 0.600. The predicted molar refractivity (Wildman–Crippen MR) is 74.1 cm³/mol. The van der Waals surface area contributed by atoms with E-state index in [0.717, 1.165) is 45.6 Å². The molecule has 3 rings (SSSR count). The molecule has 1 aromatic carbocycles. The zero-order valence-electron chi connectivity index (χ0n) is 11.1. The molecule has 98 valence electrons. The summed E-state index contributed by atoms with van der Waals surface area (Å²) in [4.78, 5) is 2.47. The third kappa shape index (κ3) is 2.25. The fourth-order valence-electron chi connectivity index (χ4n) is 3.10. The smallest absolute Gasteiger partial charge is 0.0485 e. The van der Waals surface area contributed by atoms with Gasteiger partial charge in [0.15, 0.2) is 0 Å². The maximum Gasteiger partial charge on any atom is 0.0485 e. The molecule has 0 unspecified atom stereocenters. The van der Waals surface area contributed by atoms with Crippen LogP contribution in [-0.2, 0) is 17.7 Å². The summed E-state index contributed by atoms with van der Waals surface area (Å²) in [5.41, 5.74) is 4.43. The van der Waals surface area contributed by atoms with Crippen molar-refractivity contribution in [1.29, 1.82) is 0 Å². The van der Waals surface area contributed by atoms with Crippen molar-refractivity contribution < 1.29 is 4.74 Å². The van der Waals surface area contributed by atoms with E-state index >= 15 is 0 Å². The average Bonchev–Trinajstić information content (AvgIpc) is 2.47. The molecule has 1 N–H and O–H groups in total. The molecule has 0 spiro atoms. The van der Waals surface area contributed by atoms with Crippen LogP contribution in [0.1, 0.15) is 24.0 Å². The Morgan fingerprint density at radius 1 is 1.28 bits per heavy atom. The molecule has 0 amide bonds. The van der Waals surface area contributed by atoms with Crippen LogP contribution in [0.15, 0.2) is 18.2 Å². The Labute approximate surface area is 109 Å². The van der Waals surface area contributed by atoms with Gasteiger partial charge in [-0.1, -0.05) is 12.1 Å². The van der Waals surface area contributed by atoms with Crippen LogP contribution in [0.4, 0.5) is 5.69 Å². The van der Waals surface area contributed by atoms with Crippen LogP contribution in [0.25, 0.3) is 0 Å². The van der Waals surface area contributed by atoms with Crippen LogP contribution < -0.4 is 10.2 Å². The van der Waals surface area contributed by atoms with E-state index < -0.39 is 0 Å². The van der Waals surface area contributed by atoms with Gasteiger partial charge in [-0.05, 0) is 43.0 Å². The first-order valence-corrected chi connectivity index (χ1v) is 6.98. The number of fused-ring (bicyclic) bond motifs is 1. The highest BCUT2D eigenvalue weighted by Gasteiger charge is 2.22. The lowest BCUT2D eigenvalue weighted by molar-refractivity contribution is 0.0854. The summed E-state index contributed by atoms with van der Waals surface area (Å²) in [5.74, 6) is 0. The SMILES string of the molecule is CN(c1cccc2c1CNCC2)C1CCOCC1. The number of nitrogens with zero attached hydrogens (tertiary/aromatic N) is 1. The van der Waals surface area contributed by atoms with Gasteiger partial charge < -0.3 is 15.0 Å². The maximum atomic E-state index is 5.46. The van der Waals surface area contributed by atoms with E-state index in [1.165, 1.54) is 16.8 Å². The highest BCUT2D eigenvalue weighted by molar-refractivity contribution is 5.57. The van der Waals surface area contributed by atoms with Crippen LogP contribution in [0, 0.1) is 0 Å². The van der Waals surface area contributed by atoms with Gasteiger partial charge in [0.25, 0.3) is 0 Å². The Morgan fingerprint density at radius 3 is 2.94 bits per heavy atom. The van der Waals surface area contributed by atoms with Gasteiger partial charge in [0.05, 0.1) is 0 Å². The molecule has 1 aromatic rings. The molecule has 0 atom stereocenters. The van der Waals surface area contributed by atoms with Gasteiger partial charge in [-0.3, -0.25) is 0 Å². The number of nitrogens with one attached hydrogen (secondary N) is 1. The first-order valence-electron chi connectivity index (χ1n) is 6.98. The lowest BCUT2D eigenvalue weighted by Gasteiger charge is -2.35. The largest absolute Gasteiger partial charge is 0.381 e. The van der Waals surface area contributed by atoms with Crippen molar-refractivity contribution in [1.82, 2.24) is 5.32 Å². The number of rotatable bonds is 2. The Bertz CT molecular complexity index is 413. The normalized spacial score (nSPS) is 20.5. The zero-order chi connectivity index (χ0) is 12.4. The van der Waals surface area contributed by atoms with Crippen molar-refractivity contribution in [3.63, 3.8) is 0 Å². The van der Waals surface area contributed by atoms with Crippen molar-refractivity contribution in [3.05, 3.63) is 29.3 Å². The second-order valence-electron chi connectivity index (χ2n) is 5.30. The summed E-state index contributed by atoms with van der Waals surface area (Å²) in [5, 5.41) is 3.49. The summed E-state index contributed by atoms with van der Waals surface area (Å²) < 4.78 is 5.46. The molecule has 1 saturated heterocycles. The molecule has 3 heteroatoms. The van der Waals surface area contributed by atoms with Gasteiger partial charge in [0, 0.05) is 38.5 Å². The molecule has 2 aliphatic rings. The second kappa shape index (κ2) is 5.29. The number of hydrogen-bond acceptors (Lipinski definition) is 3. The molecule has 2 heterocycles. The van der Waals surface area contributed by atoms with Crippen molar-refractivity contribution >= 4 is 5.69 Å². The van der Waals surface area contributed by atoms with Gasteiger partial charge in [-0.2, -0.15) is 0 Å². The van der Waals surface area contributed by atoms with E-state index in [1.54, 1.807) is 0 Å². The van der Waals surface area contributed by atoms with Gasteiger partial charge >= 0.3 is 0 Å². The highest BCUT2D eigenvalue weighted by atomic mass is 16.5. The fourth-order valence-corrected chi connectivity index (χ4v) is 3.10. The molecular formula is C15H22N2O. The van der Waals surface area contributed by atoms with Crippen LogP contribution in [0.5, 0.6) is 0 Å². The molecule has 0 radical (unpaired) electrons. The van der Waals surface area contributed by atoms with Crippen LogP contribution in [0.2, 0.25) is 0 Å². The van der Waals surface area contributed by atoms with E-state index in [-0.39, 0.29) is 0 Å². The third-order valence-corrected chi connectivity index (χ3v) is 4.24. The number of ether oxygens (including phenoxy) is 1. The third-order valence-electron chi connectivity index (χ3n) is 4.24. The van der Waals surface area contributed by atoms with Gasteiger partial charge in [0.2, 0.25) is 0 Å². The van der Waals surface area contributed by atoms with E-state index in [1.807, 2.05) is 0 Å². The minimum Gasteiger partial charge on any atom is -0.381 e. The minimum absolute atomic E-state index is 0.632. The lowest BCUT2D eigenvalue weighted by atomic mass is 9.97. The Morgan fingerprint density at radius 2 is 2.11 bits per heavy atom. The Hall–Kier alpha value is -1.06. The molecule has 0 aliphatic carbocycles. The van der Waals surface area contributed by atoms with Crippen molar-refractivity contribution in [2.45, 2.75) is 31.8 Å². The topological polar surface area (TPSA) is 24.5 Å². The summed E-state index contributed by atoms with van der Waals surface area (Å²) in [7, 11) is 2.24. The van der Waals surface area contributed by atoms with Gasteiger partial charge in [-0.25, -0.2) is 0 Å². The zero-order valence-corrected chi connectivity index (χ0v) is 11.1. The summed E-state index contributed by atoms with van der Waals surface area (Å²) in [6, 6.07) is 7.38. The van der Waals surface area contributed by atoms with Crippen molar-refractivity contribution in [2.75, 3.05) is 31.7 Å². The average molecular weight is 246 g/mol. The van der Waals surface area contributed by atoms with Crippen LogP contribution in [0.3, 0.4) is 0 Å². The minimum atomic E-state index is 0.632. The Balaban J connectivity index is 1.86. The predicted octanol–water partition coefficient (Wildman–Crippen LogP) is 1.95. The summed E-state index contributed by atoms with van der Waals surface area (Å²) >= 11 is 0. The standard InChI is InChI=1S/C15H22N2O/c1-17(13-6-9-18-10-7-13)15-4-2-3-12-5-8-16-11-14(12)15/h2-4,13,16H,5-11H2,1H3. The maximum absolute atomic E-state index is 5.46. The monoisotopic (exact) mass is 246 g/mol. The van der Waals surface area contributed by atoms with E-state index in [9.17, 15) is 0 Å². The number of hydrogen-bond donors (Lipinski definition) is 1. The van der Waals surface area contributed by atoms with Gasteiger partial charge in [-0.15, -0.1) is 0 Å². The van der Waals surface area contributed by atoms with Crippen molar-refractivity contribution in [3.8, 4) is 0 Å². The molecule has 0 bridgehead atoms. The molecule has 2 aliphatic heterocycles. The Kier molecular flexibility index (Phi) is 3.52. The quantitative estimate of drug-likeness (QED) is 0.863. The first-order chi connectivity index (χ1) is 8.86. The first kappa shape index (κ1) is 12.0. The summed E-state index contributed by atoms with van der Waals surface area (Å²) in [6.45, 7) is 3.93. The number of anilines is 1. The van der Waals surface area contributed by atoms with Crippen molar-refractivity contribution in [2.24, 2.45) is 0 Å².